The van der Waals surface area contributed by atoms with Crippen molar-refractivity contribution in [3.05, 3.63) is 0 Å². The number of esters is 1. The molecule has 4 atom stereocenters. The number of rotatable bonds is 0. The molecule has 2 aliphatic carbocycles. The Hall–Kier alpha value is -0.530. The van der Waals surface area contributed by atoms with Gasteiger partial charge in [-0.3, -0.25) is 4.79 Å². The van der Waals surface area contributed by atoms with Gasteiger partial charge < -0.3 is 4.74 Å². The summed E-state index contributed by atoms with van der Waals surface area (Å²) in [7, 11) is 0. The summed E-state index contributed by atoms with van der Waals surface area (Å²) < 4.78 is 5.63. The van der Waals surface area contributed by atoms with Crippen LogP contribution in [-0.4, -0.2) is 11.6 Å². The summed E-state index contributed by atoms with van der Waals surface area (Å²) in [5, 5.41) is 0. The number of hydrogen-bond acceptors (Lipinski definition) is 2. The van der Waals surface area contributed by atoms with Gasteiger partial charge in [0.15, 0.2) is 0 Å². The van der Waals surface area contributed by atoms with Crippen LogP contribution in [0.25, 0.3) is 0 Å². The van der Waals surface area contributed by atoms with E-state index in [1.807, 2.05) is 0 Å². The lowest BCUT2D eigenvalue weighted by Gasteiger charge is -2.27. The first kappa shape index (κ1) is 7.84. The van der Waals surface area contributed by atoms with Crippen molar-refractivity contribution in [3.63, 3.8) is 0 Å². The van der Waals surface area contributed by atoms with E-state index in [0.717, 1.165) is 12.3 Å². The van der Waals surface area contributed by atoms with E-state index >= 15 is 0 Å². The van der Waals surface area contributed by atoms with E-state index in [0.29, 0.717) is 18.3 Å². The third-order valence-corrected chi connectivity index (χ3v) is 4.32. The minimum absolute atomic E-state index is 0.0104. The molecule has 0 aromatic heterocycles. The van der Waals surface area contributed by atoms with Gasteiger partial charge in [-0.1, -0.05) is 6.92 Å². The minimum atomic E-state index is 0.0104. The lowest BCUT2D eigenvalue weighted by atomic mass is 9.86. The highest BCUT2D eigenvalue weighted by molar-refractivity contribution is 5.73. The summed E-state index contributed by atoms with van der Waals surface area (Å²) in [5.41, 5.74) is 0.0104. The Kier molecular flexibility index (Phi) is 1.38. The Morgan fingerprint density at radius 2 is 2.15 bits per heavy atom. The molecule has 72 valence electrons. The molecular weight excluding hydrogens is 164 g/mol. The zero-order valence-corrected chi connectivity index (χ0v) is 8.08. The van der Waals surface area contributed by atoms with Crippen molar-refractivity contribution >= 4 is 5.97 Å². The zero-order valence-electron chi connectivity index (χ0n) is 8.08. The molecule has 13 heavy (non-hydrogen) atoms. The molecule has 3 fully saturated rings. The SMILES string of the molecule is CC1C[C@@H]2CC[C@H]3CC(=O)OC32C1. The first-order valence-electron chi connectivity index (χ1n) is 5.42. The average Bonchev–Trinajstić information content (AvgIpc) is 2.56. The molecule has 1 saturated heterocycles. The standard InChI is InChI=1S/C11H16O2/c1-7-4-8-2-3-9-5-10(12)13-11(8,9)6-7/h7-9H,2-6H2,1H3/t7?,8-,9-,11?/m0/s1. The largest absolute Gasteiger partial charge is 0.458 e. The summed E-state index contributed by atoms with van der Waals surface area (Å²) in [6.07, 6.45) is 5.63. The molecule has 1 spiro atoms. The van der Waals surface area contributed by atoms with Gasteiger partial charge in [0.1, 0.15) is 5.60 Å². The number of ether oxygens (including phenoxy) is 1. The van der Waals surface area contributed by atoms with E-state index in [-0.39, 0.29) is 11.6 Å². The predicted molar refractivity (Wildman–Crippen MR) is 48.1 cm³/mol. The Labute approximate surface area is 78.6 Å². The molecule has 0 aromatic carbocycles. The second-order valence-corrected chi connectivity index (χ2v) is 5.15. The smallest absolute Gasteiger partial charge is 0.306 e. The van der Waals surface area contributed by atoms with Crippen molar-refractivity contribution in [3.8, 4) is 0 Å². The Balaban J connectivity index is 1.96. The average molecular weight is 180 g/mol. The quantitative estimate of drug-likeness (QED) is 0.534. The van der Waals surface area contributed by atoms with E-state index < -0.39 is 0 Å². The third-order valence-electron chi connectivity index (χ3n) is 4.32. The second-order valence-electron chi connectivity index (χ2n) is 5.15. The van der Waals surface area contributed by atoms with Crippen LogP contribution in [-0.2, 0) is 9.53 Å². The third kappa shape index (κ3) is 0.866. The highest BCUT2D eigenvalue weighted by Crippen LogP contribution is 2.58. The lowest BCUT2D eigenvalue weighted by molar-refractivity contribution is -0.151. The van der Waals surface area contributed by atoms with Crippen molar-refractivity contribution in [1.29, 1.82) is 0 Å². The molecular formula is C11H16O2. The van der Waals surface area contributed by atoms with Crippen molar-refractivity contribution in [2.24, 2.45) is 17.8 Å². The van der Waals surface area contributed by atoms with Crippen LogP contribution in [0, 0.1) is 17.8 Å². The van der Waals surface area contributed by atoms with Crippen LogP contribution in [0.3, 0.4) is 0 Å². The van der Waals surface area contributed by atoms with Gasteiger partial charge in [0.05, 0.1) is 6.42 Å². The van der Waals surface area contributed by atoms with Gasteiger partial charge in [-0.15, -0.1) is 0 Å². The molecule has 1 aliphatic heterocycles. The van der Waals surface area contributed by atoms with Crippen LogP contribution in [0.1, 0.15) is 39.0 Å². The van der Waals surface area contributed by atoms with Crippen LogP contribution >= 0.6 is 0 Å². The first-order valence-corrected chi connectivity index (χ1v) is 5.42. The molecule has 0 bridgehead atoms. The molecule has 3 rings (SSSR count). The summed E-state index contributed by atoms with van der Waals surface area (Å²) in [6, 6.07) is 0. The van der Waals surface area contributed by atoms with E-state index in [1.54, 1.807) is 0 Å². The molecule has 0 amide bonds. The molecule has 1 heterocycles. The van der Waals surface area contributed by atoms with Crippen LogP contribution in [0.2, 0.25) is 0 Å². The normalized spacial score (nSPS) is 53.3. The minimum Gasteiger partial charge on any atom is -0.458 e. The molecule has 2 unspecified atom stereocenters. The molecule has 0 radical (unpaired) electrons. The van der Waals surface area contributed by atoms with Gasteiger partial charge in [-0.05, 0) is 37.5 Å². The van der Waals surface area contributed by atoms with E-state index in [2.05, 4.69) is 6.92 Å². The maximum atomic E-state index is 11.3. The van der Waals surface area contributed by atoms with Crippen molar-refractivity contribution in [2.45, 2.75) is 44.6 Å². The highest BCUT2D eigenvalue weighted by Gasteiger charge is 2.61. The van der Waals surface area contributed by atoms with E-state index in [9.17, 15) is 4.79 Å². The lowest BCUT2D eigenvalue weighted by Crippen LogP contribution is -2.33. The van der Waals surface area contributed by atoms with Gasteiger partial charge in [0, 0.05) is 5.92 Å². The van der Waals surface area contributed by atoms with E-state index in [1.165, 1.54) is 19.3 Å². The molecule has 2 nitrogen and oxygen atoms in total. The van der Waals surface area contributed by atoms with Crippen LogP contribution in [0.4, 0.5) is 0 Å². The van der Waals surface area contributed by atoms with E-state index in [4.69, 9.17) is 4.74 Å². The summed E-state index contributed by atoms with van der Waals surface area (Å²) >= 11 is 0. The summed E-state index contributed by atoms with van der Waals surface area (Å²) in [5.74, 6) is 2.08. The Bertz CT molecular complexity index is 261. The predicted octanol–water partition coefficient (Wildman–Crippen LogP) is 2.13. The monoisotopic (exact) mass is 180 g/mol. The van der Waals surface area contributed by atoms with Gasteiger partial charge in [-0.25, -0.2) is 0 Å². The highest BCUT2D eigenvalue weighted by atomic mass is 16.6. The summed E-state index contributed by atoms with van der Waals surface area (Å²) in [4.78, 5) is 11.3. The fourth-order valence-electron chi connectivity index (χ4n) is 3.93. The van der Waals surface area contributed by atoms with Crippen molar-refractivity contribution in [2.75, 3.05) is 0 Å². The number of carbonyl (C=O) groups excluding carboxylic acids is 1. The van der Waals surface area contributed by atoms with Gasteiger partial charge in [-0.2, -0.15) is 0 Å². The Morgan fingerprint density at radius 3 is 3.00 bits per heavy atom. The number of hydrogen-bond donors (Lipinski definition) is 0. The topological polar surface area (TPSA) is 26.3 Å². The van der Waals surface area contributed by atoms with Gasteiger partial charge >= 0.3 is 5.97 Å². The van der Waals surface area contributed by atoms with Gasteiger partial charge in [0.2, 0.25) is 0 Å². The van der Waals surface area contributed by atoms with Crippen LogP contribution in [0.5, 0.6) is 0 Å². The fraction of sp³-hybridized carbons (Fsp3) is 0.909. The maximum absolute atomic E-state index is 11.3. The molecule has 3 aliphatic rings. The van der Waals surface area contributed by atoms with Crippen molar-refractivity contribution < 1.29 is 9.53 Å². The first-order chi connectivity index (χ1) is 6.21. The van der Waals surface area contributed by atoms with Crippen LogP contribution in [0.15, 0.2) is 0 Å². The maximum Gasteiger partial charge on any atom is 0.306 e. The Morgan fingerprint density at radius 1 is 1.38 bits per heavy atom. The van der Waals surface area contributed by atoms with Gasteiger partial charge in [0.25, 0.3) is 0 Å². The second kappa shape index (κ2) is 2.28. The fourth-order valence-corrected chi connectivity index (χ4v) is 3.93. The zero-order chi connectivity index (χ0) is 9.05. The molecule has 0 aromatic rings. The van der Waals surface area contributed by atoms with Crippen molar-refractivity contribution in [1.82, 2.24) is 0 Å². The van der Waals surface area contributed by atoms with Crippen LogP contribution < -0.4 is 0 Å². The molecule has 2 heteroatoms. The molecule has 0 N–H and O–H groups in total. The number of carbonyl (C=O) groups is 1. The summed E-state index contributed by atoms with van der Waals surface area (Å²) in [6.45, 7) is 2.29. The molecule has 2 saturated carbocycles.